The molecule has 2 aromatic rings. The van der Waals surface area contributed by atoms with Gasteiger partial charge in [0.1, 0.15) is 0 Å². The van der Waals surface area contributed by atoms with Crippen LogP contribution in [0.25, 0.3) is 0 Å². The van der Waals surface area contributed by atoms with Gasteiger partial charge in [0.25, 0.3) is 0 Å². The standard InChI is InChI=1S/C14H13Br2ClO3S/c1-18-9-4-7(5-10(19-2)13(9)20-3)12(17)8-6-11(15)21-14(8)16/h4-6,12H,1-3H3. The van der Waals surface area contributed by atoms with E-state index in [4.69, 9.17) is 25.8 Å². The molecule has 3 nitrogen and oxygen atoms in total. The van der Waals surface area contributed by atoms with E-state index >= 15 is 0 Å². The molecule has 1 heterocycles. The van der Waals surface area contributed by atoms with E-state index in [0.29, 0.717) is 17.2 Å². The molecule has 0 fully saturated rings. The number of methoxy groups -OCH3 is 3. The molecule has 0 N–H and O–H groups in total. The predicted octanol–water partition coefficient (Wildman–Crippen LogP) is 5.63. The zero-order valence-electron chi connectivity index (χ0n) is 11.6. The molecule has 0 aliphatic heterocycles. The Morgan fingerprint density at radius 1 is 1.00 bits per heavy atom. The van der Waals surface area contributed by atoms with Crippen molar-refractivity contribution in [2.24, 2.45) is 0 Å². The Labute approximate surface area is 149 Å². The second-order valence-electron chi connectivity index (χ2n) is 4.10. The number of hydrogen-bond acceptors (Lipinski definition) is 4. The first kappa shape index (κ1) is 16.9. The molecule has 0 spiro atoms. The van der Waals surface area contributed by atoms with Crippen LogP contribution in [0.5, 0.6) is 17.2 Å². The van der Waals surface area contributed by atoms with Crippen molar-refractivity contribution in [3.05, 3.63) is 36.9 Å². The molecule has 21 heavy (non-hydrogen) atoms. The van der Waals surface area contributed by atoms with Crippen molar-refractivity contribution >= 4 is 54.8 Å². The van der Waals surface area contributed by atoms with Crippen molar-refractivity contribution in [3.63, 3.8) is 0 Å². The maximum Gasteiger partial charge on any atom is 0.203 e. The minimum Gasteiger partial charge on any atom is -0.493 e. The average molecular weight is 457 g/mol. The molecule has 0 aliphatic carbocycles. The Morgan fingerprint density at radius 3 is 1.95 bits per heavy atom. The van der Waals surface area contributed by atoms with Gasteiger partial charge in [-0.05, 0) is 55.6 Å². The van der Waals surface area contributed by atoms with Gasteiger partial charge in [0, 0.05) is 5.56 Å². The van der Waals surface area contributed by atoms with E-state index in [1.165, 1.54) is 0 Å². The number of halogens is 3. The summed E-state index contributed by atoms with van der Waals surface area (Å²) in [6.45, 7) is 0. The third-order valence-corrected chi connectivity index (χ3v) is 5.81. The van der Waals surface area contributed by atoms with Crippen LogP contribution in [0.2, 0.25) is 0 Å². The fourth-order valence-corrected chi connectivity index (χ4v) is 5.35. The lowest BCUT2D eigenvalue weighted by Gasteiger charge is -2.16. The zero-order valence-corrected chi connectivity index (χ0v) is 16.3. The van der Waals surface area contributed by atoms with Gasteiger partial charge in [0.05, 0.1) is 34.3 Å². The van der Waals surface area contributed by atoms with Gasteiger partial charge in [-0.3, -0.25) is 0 Å². The molecule has 1 aromatic heterocycles. The lowest BCUT2D eigenvalue weighted by atomic mass is 10.1. The monoisotopic (exact) mass is 454 g/mol. The van der Waals surface area contributed by atoms with Gasteiger partial charge in [-0.1, -0.05) is 0 Å². The van der Waals surface area contributed by atoms with Gasteiger partial charge in [0.2, 0.25) is 5.75 Å². The van der Waals surface area contributed by atoms with E-state index in [-0.39, 0.29) is 5.38 Å². The van der Waals surface area contributed by atoms with Crippen LogP contribution in [0.1, 0.15) is 16.5 Å². The second-order valence-corrected chi connectivity index (χ2v) is 8.29. The Bertz CT molecular complexity index is 620. The van der Waals surface area contributed by atoms with Gasteiger partial charge < -0.3 is 14.2 Å². The first-order valence-corrected chi connectivity index (χ1v) is 8.74. The maximum absolute atomic E-state index is 6.61. The number of alkyl halides is 1. The third-order valence-electron chi connectivity index (χ3n) is 2.94. The van der Waals surface area contributed by atoms with Crippen LogP contribution in [0.15, 0.2) is 25.8 Å². The van der Waals surface area contributed by atoms with Crippen molar-refractivity contribution in [2.45, 2.75) is 5.38 Å². The first-order chi connectivity index (χ1) is 10.0. The second kappa shape index (κ2) is 7.22. The van der Waals surface area contributed by atoms with E-state index in [9.17, 15) is 0 Å². The molecule has 2 rings (SSSR count). The van der Waals surface area contributed by atoms with Crippen molar-refractivity contribution in [3.8, 4) is 17.2 Å². The van der Waals surface area contributed by atoms with Crippen molar-refractivity contribution in [1.82, 2.24) is 0 Å². The molecular formula is C14H13Br2ClO3S. The molecule has 0 radical (unpaired) electrons. The molecule has 0 amide bonds. The summed E-state index contributed by atoms with van der Waals surface area (Å²) >= 11 is 15.2. The fraction of sp³-hybridized carbons (Fsp3) is 0.286. The van der Waals surface area contributed by atoms with Gasteiger partial charge >= 0.3 is 0 Å². The van der Waals surface area contributed by atoms with Crippen molar-refractivity contribution in [1.29, 1.82) is 0 Å². The smallest absolute Gasteiger partial charge is 0.203 e. The largest absolute Gasteiger partial charge is 0.493 e. The van der Waals surface area contributed by atoms with Gasteiger partial charge in [0.15, 0.2) is 11.5 Å². The summed E-state index contributed by atoms with van der Waals surface area (Å²) in [5, 5.41) is -0.323. The highest BCUT2D eigenvalue weighted by Gasteiger charge is 2.21. The molecular weight excluding hydrogens is 443 g/mol. The summed E-state index contributed by atoms with van der Waals surface area (Å²) in [5.74, 6) is 1.73. The summed E-state index contributed by atoms with van der Waals surface area (Å²) < 4.78 is 18.0. The summed E-state index contributed by atoms with van der Waals surface area (Å²) in [5.41, 5.74) is 1.86. The first-order valence-electron chi connectivity index (χ1n) is 5.90. The summed E-state index contributed by atoms with van der Waals surface area (Å²) in [4.78, 5) is 0. The summed E-state index contributed by atoms with van der Waals surface area (Å²) in [6, 6.07) is 5.71. The lowest BCUT2D eigenvalue weighted by Crippen LogP contribution is -1.99. The Morgan fingerprint density at radius 2 is 1.57 bits per heavy atom. The number of benzene rings is 1. The highest BCUT2D eigenvalue weighted by Crippen LogP contribution is 2.45. The third kappa shape index (κ3) is 3.50. The van der Waals surface area contributed by atoms with Crippen molar-refractivity contribution in [2.75, 3.05) is 21.3 Å². The summed E-state index contributed by atoms with van der Waals surface area (Å²) in [7, 11) is 4.74. The molecule has 1 atom stereocenters. The van der Waals surface area contributed by atoms with Crippen LogP contribution in [0.4, 0.5) is 0 Å². The number of hydrogen-bond donors (Lipinski definition) is 0. The molecule has 1 unspecified atom stereocenters. The van der Waals surface area contributed by atoms with E-state index in [2.05, 4.69) is 31.9 Å². The Hall–Kier alpha value is -0.430. The van der Waals surface area contributed by atoms with Crippen LogP contribution in [0.3, 0.4) is 0 Å². The average Bonchev–Trinajstić information content (AvgIpc) is 2.83. The van der Waals surface area contributed by atoms with E-state index in [0.717, 1.165) is 18.7 Å². The van der Waals surface area contributed by atoms with Crippen LogP contribution >= 0.6 is 54.8 Å². The van der Waals surface area contributed by atoms with E-state index in [1.54, 1.807) is 32.7 Å². The molecule has 0 saturated heterocycles. The molecule has 1 aromatic carbocycles. The maximum atomic E-state index is 6.61. The highest BCUT2D eigenvalue weighted by molar-refractivity contribution is 9.12. The zero-order chi connectivity index (χ0) is 15.6. The highest BCUT2D eigenvalue weighted by atomic mass is 79.9. The SMILES string of the molecule is COc1cc(C(Cl)c2cc(Br)sc2Br)cc(OC)c1OC. The van der Waals surface area contributed by atoms with E-state index in [1.807, 2.05) is 18.2 Å². The quantitative estimate of drug-likeness (QED) is 0.546. The number of ether oxygens (including phenoxy) is 3. The molecule has 0 saturated carbocycles. The van der Waals surface area contributed by atoms with Crippen LogP contribution in [-0.4, -0.2) is 21.3 Å². The van der Waals surface area contributed by atoms with E-state index < -0.39 is 0 Å². The van der Waals surface area contributed by atoms with Crippen molar-refractivity contribution < 1.29 is 14.2 Å². The Kier molecular flexibility index (Phi) is 5.82. The minimum absolute atomic E-state index is 0.323. The van der Waals surface area contributed by atoms with Gasteiger partial charge in [-0.25, -0.2) is 0 Å². The normalized spacial score (nSPS) is 12.1. The molecule has 0 bridgehead atoms. The van der Waals surface area contributed by atoms with Crippen LogP contribution in [-0.2, 0) is 0 Å². The van der Waals surface area contributed by atoms with Gasteiger partial charge in [-0.2, -0.15) is 0 Å². The minimum atomic E-state index is -0.323. The molecule has 114 valence electrons. The molecule has 0 aliphatic rings. The number of thiophene rings is 1. The van der Waals surface area contributed by atoms with Crippen LogP contribution in [0, 0.1) is 0 Å². The fourth-order valence-electron chi connectivity index (χ4n) is 1.95. The van der Waals surface area contributed by atoms with Crippen LogP contribution < -0.4 is 14.2 Å². The lowest BCUT2D eigenvalue weighted by molar-refractivity contribution is 0.324. The summed E-state index contributed by atoms with van der Waals surface area (Å²) in [6.07, 6.45) is 0. The Balaban J connectivity index is 2.51. The molecule has 7 heteroatoms. The topological polar surface area (TPSA) is 27.7 Å². The predicted molar refractivity (Wildman–Crippen MR) is 93.5 cm³/mol. The number of rotatable bonds is 5. The van der Waals surface area contributed by atoms with Gasteiger partial charge in [-0.15, -0.1) is 22.9 Å².